The second-order valence-electron chi connectivity index (χ2n) is 9.40. The van der Waals surface area contributed by atoms with Crippen LogP contribution in [-0.4, -0.2) is 35.4 Å². The van der Waals surface area contributed by atoms with E-state index in [1.807, 2.05) is 12.1 Å². The van der Waals surface area contributed by atoms with E-state index >= 15 is 0 Å². The summed E-state index contributed by atoms with van der Waals surface area (Å²) in [6, 6.07) is 14.6. The molecule has 2 aliphatic heterocycles. The van der Waals surface area contributed by atoms with Crippen molar-refractivity contribution in [2.75, 3.05) is 22.9 Å². The maximum absolute atomic E-state index is 14.0. The SMILES string of the molecule is CCCC1Cc2ccc(F)cc2N1C1CCN(c2ccc(-c3ccc(C(F)(F)F)cc3)nn2)CC1. The molecule has 3 aromatic rings. The van der Waals surface area contributed by atoms with E-state index in [1.165, 1.54) is 17.7 Å². The van der Waals surface area contributed by atoms with Gasteiger partial charge in [0.15, 0.2) is 5.82 Å². The highest BCUT2D eigenvalue weighted by atomic mass is 19.4. The maximum Gasteiger partial charge on any atom is 0.416 e. The van der Waals surface area contributed by atoms with E-state index in [-0.39, 0.29) is 5.82 Å². The molecule has 0 saturated carbocycles. The molecule has 1 saturated heterocycles. The minimum absolute atomic E-state index is 0.188. The minimum Gasteiger partial charge on any atom is -0.365 e. The van der Waals surface area contributed by atoms with Gasteiger partial charge in [0.1, 0.15) is 5.82 Å². The van der Waals surface area contributed by atoms with Crippen molar-refractivity contribution in [2.24, 2.45) is 0 Å². The first kappa shape index (κ1) is 23.6. The van der Waals surface area contributed by atoms with Crippen LogP contribution in [0.5, 0.6) is 0 Å². The third-order valence-electron chi connectivity index (χ3n) is 7.14. The van der Waals surface area contributed by atoms with E-state index in [4.69, 9.17) is 0 Å². The first-order valence-electron chi connectivity index (χ1n) is 12.2. The van der Waals surface area contributed by atoms with Crippen molar-refractivity contribution in [2.45, 2.75) is 57.3 Å². The summed E-state index contributed by atoms with van der Waals surface area (Å²) in [6.07, 6.45) is 0.685. The molecule has 1 atom stereocenters. The molecular weight excluding hydrogens is 456 g/mol. The fourth-order valence-electron chi connectivity index (χ4n) is 5.42. The van der Waals surface area contributed by atoms with E-state index in [0.29, 0.717) is 23.3 Å². The van der Waals surface area contributed by atoms with E-state index in [0.717, 1.165) is 68.8 Å². The Morgan fingerprint density at radius 2 is 1.69 bits per heavy atom. The molecule has 4 nitrogen and oxygen atoms in total. The van der Waals surface area contributed by atoms with Crippen LogP contribution < -0.4 is 9.80 Å². The summed E-state index contributed by atoms with van der Waals surface area (Å²) in [6.45, 7) is 3.83. The summed E-state index contributed by atoms with van der Waals surface area (Å²) in [5.41, 5.74) is 2.73. The second kappa shape index (κ2) is 9.47. The van der Waals surface area contributed by atoms with Crippen molar-refractivity contribution in [3.63, 3.8) is 0 Å². The molecule has 0 radical (unpaired) electrons. The van der Waals surface area contributed by atoms with E-state index in [9.17, 15) is 17.6 Å². The molecule has 2 aromatic carbocycles. The van der Waals surface area contributed by atoms with Crippen LogP contribution in [0, 0.1) is 5.82 Å². The van der Waals surface area contributed by atoms with Crippen LogP contribution in [0.2, 0.25) is 0 Å². The lowest BCUT2D eigenvalue weighted by Gasteiger charge is -2.41. The van der Waals surface area contributed by atoms with Crippen molar-refractivity contribution >= 4 is 11.5 Å². The number of fused-ring (bicyclic) bond motifs is 1. The quantitative estimate of drug-likeness (QED) is 0.387. The minimum atomic E-state index is -4.36. The predicted octanol–water partition coefficient (Wildman–Crippen LogP) is 6.50. The molecule has 0 aliphatic carbocycles. The van der Waals surface area contributed by atoms with Crippen molar-refractivity contribution < 1.29 is 17.6 Å². The number of benzene rings is 2. The number of hydrogen-bond acceptors (Lipinski definition) is 4. The van der Waals surface area contributed by atoms with Crippen LogP contribution in [0.3, 0.4) is 0 Å². The van der Waals surface area contributed by atoms with Gasteiger partial charge in [-0.1, -0.05) is 31.5 Å². The third-order valence-corrected chi connectivity index (χ3v) is 7.14. The van der Waals surface area contributed by atoms with Crippen molar-refractivity contribution in [3.8, 4) is 11.3 Å². The van der Waals surface area contributed by atoms with Gasteiger partial charge < -0.3 is 9.80 Å². The Morgan fingerprint density at radius 3 is 2.31 bits per heavy atom. The van der Waals surface area contributed by atoms with Gasteiger partial charge in [0, 0.05) is 36.4 Å². The Morgan fingerprint density at radius 1 is 0.943 bits per heavy atom. The standard InChI is InChI=1S/C27H28F4N4/c1-2-3-23-16-19-6-9-21(28)17-25(19)35(23)22-12-14-34(15-13-22)26-11-10-24(32-33-26)18-4-7-20(8-5-18)27(29,30)31/h4-11,17,22-23H,2-3,12-16H2,1H3. The van der Waals surface area contributed by atoms with E-state index in [2.05, 4.69) is 26.9 Å². The van der Waals surface area contributed by atoms with Crippen LogP contribution in [0.25, 0.3) is 11.3 Å². The lowest BCUT2D eigenvalue weighted by atomic mass is 10.00. The summed E-state index contributed by atoms with van der Waals surface area (Å²) in [5, 5.41) is 8.62. The first-order valence-corrected chi connectivity index (χ1v) is 12.2. The Hall–Kier alpha value is -3.16. The van der Waals surface area contributed by atoms with Crippen LogP contribution in [-0.2, 0) is 12.6 Å². The Bertz CT molecular complexity index is 1150. The molecular formula is C27H28F4N4. The molecule has 35 heavy (non-hydrogen) atoms. The summed E-state index contributed by atoms with van der Waals surface area (Å²) in [7, 11) is 0. The van der Waals surface area contributed by atoms with Crippen LogP contribution in [0.15, 0.2) is 54.6 Å². The highest BCUT2D eigenvalue weighted by molar-refractivity contribution is 5.62. The van der Waals surface area contributed by atoms with Gasteiger partial charge in [-0.15, -0.1) is 10.2 Å². The maximum atomic E-state index is 14.0. The molecule has 0 bridgehead atoms. The smallest absolute Gasteiger partial charge is 0.365 e. The zero-order chi connectivity index (χ0) is 24.6. The van der Waals surface area contributed by atoms with Crippen LogP contribution in [0.4, 0.5) is 29.1 Å². The summed E-state index contributed by atoms with van der Waals surface area (Å²) in [4.78, 5) is 4.65. The number of piperidine rings is 1. The molecule has 0 N–H and O–H groups in total. The molecule has 0 spiro atoms. The molecule has 1 unspecified atom stereocenters. The summed E-state index contributed by atoms with van der Waals surface area (Å²) < 4.78 is 52.4. The molecule has 5 rings (SSSR count). The zero-order valence-corrected chi connectivity index (χ0v) is 19.6. The van der Waals surface area contributed by atoms with Crippen LogP contribution >= 0.6 is 0 Å². The Labute approximate surface area is 202 Å². The average molecular weight is 485 g/mol. The molecule has 0 amide bonds. The van der Waals surface area contributed by atoms with Gasteiger partial charge in [-0.2, -0.15) is 13.2 Å². The van der Waals surface area contributed by atoms with Gasteiger partial charge in [-0.05, 0) is 67.6 Å². The van der Waals surface area contributed by atoms with Gasteiger partial charge >= 0.3 is 6.18 Å². The number of rotatable bonds is 5. The summed E-state index contributed by atoms with van der Waals surface area (Å²) in [5.74, 6) is 0.573. The fourth-order valence-corrected chi connectivity index (χ4v) is 5.42. The number of aromatic nitrogens is 2. The molecule has 3 heterocycles. The zero-order valence-electron chi connectivity index (χ0n) is 19.6. The van der Waals surface area contributed by atoms with Crippen molar-refractivity contribution in [1.29, 1.82) is 0 Å². The Kier molecular flexibility index (Phi) is 6.38. The number of halogens is 4. The third kappa shape index (κ3) is 4.83. The largest absolute Gasteiger partial charge is 0.416 e. The summed E-state index contributed by atoms with van der Waals surface area (Å²) >= 11 is 0. The molecule has 1 aromatic heterocycles. The first-order chi connectivity index (χ1) is 16.8. The van der Waals surface area contributed by atoms with Crippen molar-refractivity contribution in [3.05, 3.63) is 71.5 Å². The predicted molar refractivity (Wildman–Crippen MR) is 129 cm³/mol. The van der Waals surface area contributed by atoms with Gasteiger partial charge in [-0.3, -0.25) is 0 Å². The lowest BCUT2D eigenvalue weighted by Crippen LogP contribution is -2.48. The van der Waals surface area contributed by atoms with Crippen molar-refractivity contribution in [1.82, 2.24) is 10.2 Å². The van der Waals surface area contributed by atoms with E-state index in [1.54, 1.807) is 18.2 Å². The second-order valence-corrected chi connectivity index (χ2v) is 9.40. The number of nitrogens with zero attached hydrogens (tertiary/aromatic N) is 4. The topological polar surface area (TPSA) is 32.3 Å². The van der Waals surface area contributed by atoms with Gasteiger partial charge in [-0.25, -0.2) is 4.39 Å². The molecule has 8 heteroatoms. The molecule has 2 aliphatic rings. The normalized spacial score (nSPS) is 18.7. The fraction of sp³-hybridized carbons (Fsp3) is 0.407. The number of anilines is 2. The Balaban J connectivity index is 1.25. The highest BCUT2D eigenvalue weighted by Crippen LogP contribution is 2.39. The van der Waals surface area contributed by atoms with Crippen LogP contribution in [0.1, 0.15) is 43.7 Å². The average Bonchev–Trinajstić information content (AvgIpc) is 3.21. The lowest BCUT2D eigenvalue weighted by molar-refractivity contribution is -0.137. The number of hydrogen-bond donors (Lipinski definition) is 0. The highest BCUT2D eigenvalue weighted by Gasteiger charge is 2.36. The van der Waals surface area contributed by atoms with Gasteiger partial charge in [0.05, 0.1) is 11.3 Å². The van der Waals surface area contributed by atoms with E-state index < -0.39 is 11.7 Å². The molecule has 1 fully saturated rings. The van der Waals surface area contributed by atoms with Gasteiger partial charge in [0.2, 0.25) is 0 Å². The van der Waals surface area contributed by atoms with Gasteiger partial charge in [0.25, 0.3) is 0 Å². The monoisotopic (exact) mass is 484 g/mol. The molecule has 184 valence electrons. The number of alkyl halides is 3.